The first-order valence-corrected chi connectivity index (χ1v) is 11.3. The van der Waals surface area contributed by atoms with E-state index in [1.807, 2.05) is 18.3 Å². The molecule has 3 aromatic rings. The number of rotatable bonds is 8. The quantitative estimate of drug-likeness (QED) is 0.249. The third-order valence-corrected chi connectivity index (χ3v) is 5.74. The van der Waals surface area contributed by atoms with Crippen LogP contribution >= 0.6 is 24.0 Å². The summed E-state index contributed by atoms with van der Waals surface area (Å²) in [5, 5.41) is 4.66. The fourth-order valence-corrected chi connectivity index (χ4v) is 4.16. The lowest BCUT2D eigenvalue weighted by Crippen LogP contribution is -2.40. The summed E-state index contributed by atoms with van der Waals surface area (Å²) in [4.78, 5) is 11.9. The number of hydrogen-bond acceptors (Lipinski definition) is 3. The lowest BCUT2D eigenvalue weighted by atomic mass is 10.1. The number of guanidine groups is 1. The molecule has 1 unspecified atom stereocenters. The normalized spacial score (nSPS) is 16.2. The third-order valence-electron chi connectivity index (χ3n) is 5.74. The highest BCUT2D eigenvalue weighted by molar-refractivity contribution is 14.0. The van der Waals surface area contributed by atoms with Crippen molar-refractivity contribution in [2.24, 2.45) is 10.9 Å². The highest BCUT2D eigenvalue weighted by Crippen LogP contribution is 2.19. The third kappa shape index (κ3) is 6.65. The number of benzene rings is 2. The molecule has 1 atom stereocenters. The number of aromatic nitrogens is 1. The van der Waals surface area contributed by atoms with Gasteiger partial charge in [0, 0.05) is 43.7 Å². The maximum atomic E-state index is 5.98. The molecular formula is C26H33IN4O. The highest BCUT2D eigenvalue weighted by Gasteiger charge is 2.25. The first kappa shape index (κ1) is 24.5. The Hall–Kier alpha value is -2.19. The van der Waals surface area contributed by atoms with Crippen LogP contribution in [-0.2, 0) is 17.8 Å². The van der Waals surface area contributed by atoms with Gasteiger partial charge in [0.25, 0.3) is 0 Å². The zero-order valence-corrected chi connectivity index (χ0v) is 21.1. The molecule has 0 spiro atoms. The summed E-state index contributed by atoms with van der Waals surface area (Å²) in [5.74, 6) is 1.57. The largest absolute Gasteiger partial charge is 0.376 e. The monoisotopic (exact) mass is 544 g/mol. The Morgan fingerprint density at radius 1 is 1.12 bits per heavy atom. The molecular weight excluding hydrogens is 511 g/mol. The van der Waals surface area contributed by atoms with Crippen molar-refractivity contribution in [3.63, 3.8) is 0 Å². The summed E-state index contributed by atoms with van der Waals surface area (Å²) in [6, 6.07) is 20.9. The number of fused-ring (bicyclic) bond motifs is 1. The number of hydrogen-bond donors (Lipinski definition) is 1. The molecule has 1 fully saturated rings. The van der Waals surface area contributed by atoms with Gasteiger partial charge < -0.3 is 15.0 Å². The summed E-state index contributed by atoms with van der Waals surface area (Å²) >= 11 is 0. The second kappa shape index (κ2) is 12.7. The van der Waals surface area contributed by atoms with Gasteiger partial charge in [0.2, 0.25) is 0 Å². The first-order valence-electron chi connectivity index (χ1n) is 11.3. The van der Waals surface area contributed by atoms with Crippen molar-refractivity contribution in [1.29, 1.82) is 0 Å². The average molecular weight is 544 g/mol. The molecule has 2 heterocycles. The van der Waals surface area contributed by atoms with Crippen LogP contribution < -0.4 is 5.32 Å². The van der Waals surface area contributed by atoms with Gasteiger partial charge in [-0.2, -0.15) is 0 Å². The van der Waals surface area contributed by atoms with E-state index < -0.39 is 0 Å². The average Bonchev–Trinajstić information content (AvgIpc) is 3.28. The molecule has 4 rings (SSSR count). The summed E-state index contributed by atoms with van der Waals surface area (Å²) < 4.78 is 5.98. The Morgan fingerprint density at radius 2 is 1.97 bits per heavy atom. The number of nitrogens with zero attached hydrogens (tertiary/aromatic N) is 3. The minimum Gasteiger partial charge on any atom is -0.376 e. The van der Waals surface area contributed by atoms with E-state index >= 15 is 0 Å². The van der Waals surface area contributed by atoms with Crippen LogP contribution in [0.5, 0.6) is 0 Å². The molecule has 32 heavy (non-hydrogen) atoms. The van der Waals surface area contributed by atoms with E-state index in [2.05, 4.69) is 70.7 Å². The van der Waals surface area contributed by atoms with Crippen molar-refractivity contribution in [3.05, 3.63) is 78.0 Å². The van der Waals surface area contributed by atoms with Crippen molar-refractivity contribution in [2.45, 2.75) is 26.4 Å². The van der Waals surface area contributed by atoms with Gasteiger partial charge in [-0.15, -0.1) is 24.0 Å². The summed E-state index contributed by atoms with van der Waals surface area (Å²) in [5.41, 5.74) is 3.57. The number of pyridine rings is 1. The Balaban J connectivity index is 0.00000289. The fraction of sp³-hybridized carbons (Fsp3) is 0.385. The lowest BCUT2D eigenvalue weighted by molar-refractivity contribution is 0.0907. The molecule has 1 saturated heterocycles. The highest BCUT2D eigenvalue weighted by atomic mass is 127. The molecule has 6 heteroatoms. The van der Waals surface area contributed by atoms with Crippen LogP contribution in [-0.4, -0.2) is 48.6 Å². The number of para-hydroxylation sites is 1. The predicted octanol–water partition coefficient (Wildman–Crippen LogP) is 4.90. The smallest absolute Gasteiger partial charge is 0.193 e. The Kier molecular flexibility index (Phi) is 9.74. The van der Waals surface area contributed by atoms with Gasteiger partial charge in [-0.1, -0.05) is 54.6 Å². The molecule has 0 bridgehead atoms. The molecule has 0 saturated carbocycles. The second-order valence-corrected chi connectivity index (χ2v) is 8.08. The maximum absolute atomic E-state index is 5.98. The maximum Gasteiger partial charge on any atom is 0.193 e. The van der Waals surface area contributed by atoms with Crippen molar-refractivity contribution >= 4 is 40.8 Å². The Morgan fingerprint density at radius 3 is 2.81 bits per heavy atom. The van der Waals surface area contributed by atoms with Gasteiger partial charge in [0.1, 0.15) is 0 Å². The van der Waals surface area contributed by atoms with Gasteiger partial charge in [-0.05, 0) is 37.0 Å². The zero-order chi connectivity index (χ0) is 21.3. The van der Waals surface area contributed by atoms with Crippen LogP contribution in [0.15, 0.2) is 71.9 Å². The van der Waals surface area contributed by atoms with Crippen molar-refractivity contribution in [3.8, 4) is 0 Å². The van der Waals surface area contributed by atoms with E-state index in [0.29, 0.717) is 12.5 Å². The minimum absolute atomic E-state index is 0. The molecule has 1 aromatic heterocycles. The van der Waals surface area contributed by atoms with E-state index in [9.17, 15) is 0 Å². The van der Waals surface area contributed by atoms with Gasteiger partial charge in [0.15, 0.2) is 5.96 Å². The van der Waals surface area contributed by atoms with Crippen LogP contribution in [0.1, 0.15) is 24.5 Å². The Labute approximate surface area is 208 Å². The second-order valence-electron chi connectivity index (χ2n) is 8.08. The summed E-state index contributed by atoms with van der Waals surface area (Å²) in [6.07, 6.45) is 3.90. The van der Waals surface area contributed by atoms with E-state index in [0.717, 1.165) is 57.1 Å². The topological polar surface area (TPSA) is 49.8 Å². The van der Waals surface area contributed by atoms with Crippen LogP contribution in [0.2, 0.25) is 0 Å². The van der Waals surface area contributed by atoms with Crippen molar-refractivity contribution in [1.82, 2.24) is 15.2 Å². The van der Waals surface area contributed by atoms with E-state index in [1.54, 1.807) is 0 Å². The van der Waals surface area contributed by atoms with E-state index in [-0.39, 0.29) is 24.0 Å². The molecule has 170 valence electrons. The van der Waals surface area contributed by atoms with E-state index in [1.165, 1.54) is 16.5 Å². The summed E-state index contributed by atoms with van der Waals surface area (Å²) in [6.45, 7) is 7.26. The molecule has 1 aliphatic rings. The van der Waals surface area contributed by atoms with Crippen LogP contribution in [0.3, 0.4) is 0 Å². The van der Waals surface area contributed by atoms with E-state index in [4.69, 9.17) is 9.73 Å². The molecule has 5 nitrogen and oxygen atoms in total. The van der Waals surface area contributed by atoms with Crippen LogP contribution in [0.25, 0.3) is 10.9 Å². The molecule has 1 aliphatic heterocycles. The number of halogens is 1. The molecule has 0 aliphatic carbocycles. The van der Waals surface area contributed by atoms with Crippen LogP contribution in [0.4, 0.5) is 0 Å². The van der Waals surface area contributed by atoms with Crippen LogP contribution in [0, 0.1) is 5.92 Å². The number of likely N-dealkylation sites (tertiary alicyclic amines) is 1. The zero-order valence-electron chi connectivity index (χ0n) is 18.7. The van der Waals surface area contributed by atoms with Crippen molar-refractivity contribution < 1.29 is 4.74 Å². The standard InChI is InChI=1S/C26H32N4O.HI/c1-2-27-26(29-16-13-24-11-6-10-23-12-7-15-28-25(23)24)30-17-14-22(18-30)20-31-19-21-8-4-3-5-9-21;/h3-12,15,22H,2,13-14,16-20H2,1H3,(H,27,29);1H. The number of nitrogens with one attached hydrogen (secondary N) is 1. The molecule has 2 aromatic carbocycles. The summed E-state index contributed by atoms with van der Waals surface area (Å²) in [7, 11) is 0. The first-order chi connectivity index (χ1) is 15.3. The molecule has 0 radical (unpaired) electrons. The minimum atomic E-state index is 0. The van der Waals surface area contributed by atoms with Gasteiger partial charge in [-0.3, -0.25) is 9.98 Å². The lowest BCUT2D eigenvalue weighted by Gasteiger charge is -2.21. The SMILES string of the molecule is CCNC(=NCCc1cccc2cccnc12)N1CCC(COCc2ccccc2)C1.I. The molecule has 0 amide bonds. The molecule has 1 N–H and O–H groups in total. The van der Waals surface area contributed by atoms with Gasteiger partial charge in [-0.25, -0.2) is 0 Å². The number of ether oxygens (including phenoxy) is 1. The van der Waals surface area contributed by atoms with Gasteiger partial charge in [0.05, 0.1) is 18.7 Å². The van der Waals surface area contributed by atoms with Gasteiger partial charge >= 0.3 is 0 Å². The number of aliphatic imine (C=N–C) groups is 1. The predicted molar refractivity (Wildman–Crippen MR) is 143 cm³/mol. The van der Waals surface area contributed by atoms with Crippen molar-refractivity contribution in [2.75, 3.05) is 32.8 Å². The Bertz CT molecular complexity index is 990. The fourth-order valence-electron chi connectivity index (χ4n) is 4.16.